The Bertz CT molecular complexity index is 605. The first kappa shape index (κ1) is 22.5. The quantitative estimate of drug-likeness (QED) is 0.296. The first-order valence-corrected chi connectivity index (χ1v) is 8.77. The van der Waals surface area contributed by atoms with Crippen molar-refractivity contribution in [2.24, 2.45) is 4.99 Å². The highest BCUT2D eigenvalue weighted by molar-refractivity contribution is 14.0. The normalized spacial score (nSPS) is 17.2. The third-order valence-electron chi connectivity index (χ3n) is 4.27. The van der Waals surface area contributed by atoms with Gasteiger partial charge in [0.25, 0.3) is 0 Å². The maximum atomic E-state index is 12.6. The largest absolute Gasteiger partial charge is 0.383 e. The van der Waals surface area contributed by atoms with Crippen LogP contribution in [0, 0.1) is 0 Å². The van der Waals surface area contributed by atoms with E-state index in [9.17, 15) is 4.79 Å². The lowest BCUT2D eigenvalue weighted by Crippen LogP contribution is -2.66. The molecule has 0 unspecified atom stereocenters. The number of piperazine rings is 1. The molecule has 1 saturated heterocycles. The summed E-state index contributed by atoms with van der Waals surface area (Å²) in [4.78, 5) is 24.9. The van der Waals surface area contributed by atoms with Gasteiger partial charge in [0, 0.05) is 50.8 Å². The molecule has 26 heavy (non-hydrogen) atoms. The molecule has 0 aliphatic carbocycles. The van der Waals surface area contributed by atoms with Gasteiger partial charge in [-0.1, -0.05) is 0 Å². The van der Waals surface area contributed by atoms with Crippen LogP contribution in [0.15, 0.2) is 29.5 Å². The molecule has 0 bridgehead atoms. The summed E-state index contributed by atoms with van der Waals surface area (Å²) in [5.41, 5.74) is 0.810. The minimum Gasteiger partial charge on any atom is -0.383 e. The van der Waals surface area contributed by atoms with Crippen LogP contribution in [0.3, 0.4) is 0 Å². The summed E-state index contributed by atoms with van der Waals surface area (Å²) in [6, 6.07) is 4.06. The number of aliphatic imine (C=N–C) groups is 1. The molecule has 2 rings (SSSR count). The second-order valence-electron chi connectivity index (χ2n) is 7.16. The van der Waals surface area contributed by atoms with E-state index in [1.54, 1.807) is 19.4 Å². The molecule has 0 saturated carbocycles. The maximum Gasteiger partial charge on any atom is 0.242 e. The number of pyridine rings is 1. The zero-order chi connectivity index (χ0) is 18.4. The van der Waals surface area contributed by atoms with Crippen molar-refractivity contribution < 1.29 is 4.79 Å². The summed E-state index contributed by atoms with van der Waals surface area (Å²) < 4.78 is 0. The van der Waals surface area contributed by atoms with Crippen LogP contribution in [0.25, 0.3) is 0 Å². The number of rotatable bonds is 5. The molecule has 0 atom stereocenters. The monoisotopic (exact) mass is 474 g/mol. The average molecular weight is 474 g/mol. The molecule has 0 spiro atoms. The molecule has 2 N–H and O–H groups in total. The van der Waals surface area contributed by atoms with Gasteiger partial charge in [-0.05, 0) is 39.8 Å². The standard InChI is InChI=1S/C18H30N6O.HI/c1-14(2)24-16(25)12-23(13-18(24,3)4)17(19-5)22-11-10-21-15-6-8-20-9-7-15;/h6-9,14H,10-13H2,1-5H3,(H,19,22)(H,20,21);1H. The lowest BCUT2D eigenvalue weighted by Gasteiger charge is -2.49. The van der Waals surface area contributed by atoms with Crippen molar-refractivity contribution in [3.05, 3.63) is 24.5 Å². The molecule has 1 amide bonds. The van der Waals surface area contributed by atoms with Crippen molar-refractivity contribution in [2.75, 3.05) is 38.5 Å². The van der Waals surface area contributed by atoms with Gasteiger partial charge < -0.3 is 20.4 Å². The van der Waals surface area contributed by atoms with Crippen molar-refractivity contribution in [3.8, 4) is 0 Å². The van der Waals surface area contributed by atoms with E-state index in [0.29, 0.717) is 13.1 Å². The molecule has 8 heteroatoms. The van der Waals surface area contributed by atoms with E-state index < -0.39 is 0 Å². The molecule has 1 aliphatic heterocycles. The number of halogens is 1. The van der Waals surface area contributed by atoms with E-state index in [1.807, 2.05) is 21.9 Å². The van der Waals surface area contributed by atoms with E-state index in [4.69, 9.17) is 0 Å². The number of guanidine groups is 1. The van der Waals surface area contributed by atoms with Crippen molar-refractivity contribution in [1.82, 2.24) is 20.1 Å². The van der Waals surface area contributed by atoms with Gasteiger partial charge in [-0.3, -0.25) is 14.8 Å². The third-order valence-corrected chi connectivity index (χ3v) is 4.27. The lowest BCUT2D eigenvalue weighted by atomic mass is 9.96. The second-order valence-corrected chi connectivity index (χ2v) is 7.16. The van der Waals surface area contributed by atoms with Crippen LogP contribution in [0.5, 0.6) is 0 Å². The van der Waals surface area contributed by atoms with Crippen molar-refractivity contribution >= 4 is 41.5 Å². The second kappa shape index (κ2) is 9.94. The predicted molar refractivity (Wildman–Crippen MR) is 117 cm³/mol. The van der Waals surface area contributed by atoms with Gasteiger partial charge >= 0.3 is 0 Å². The molecule has 1 fully saturated rings. The van der Waals surface area contributed by atoms with Gasteiger partial charge in [0.1, 0.15) is 0 Å². The number of amides is 1. The number of aromatic nitrogens is 1. The summed E-state index contributed by atoms with van der Waals surface area (Å²) in [7, 11) is 1.75. The molecule has 0 radical (unpaired) electrons. The van der Waals surface area contributed by atoms with Crippen LogP contribution < -0.4 is 10.6 Å². The summed E-state index contributed by atoms with van der Waals surface area (Å²) in [5.74, 6) is 0.908. The Morgan fingerprint density at radius 2 is 1.96 bits per heavy atom. The zero-order valence-electron chi connectivity index (χ0n) is 16.3. The SMILES string of the molecule is CN=C(NCCNc1ccncc1)N1CC(=O)N(C(C)C)C(C)(C)C1.I. The topological polar surface area (TPSA) is 72.9 Å². The fourth-order valence-corrected chi connectivity index (χ4v) is 3.50. The van der Waals surface area contributed by atoms with Crippen molar-refractivity contribution in [1.29, 1.82) is 0 Å². The fourth-order valence-electron chi connectivity index (χ4n) is 3.50. The Kier molecular flexibility index (Phi) is 8.58. The number of anilines is 1. The molecule has 1 aromatic rings. The smallest absolute Gasteiger partial charge is 0.242 e. The molecular weight excluding hydrogens is 443 g/mol. The molecule has 2 heterocycles. The Labute approximate surface area is 173 Å². The fraction of sp³-hybridized carbons (Fsp3) is 0.611. The van der Waals surface area contributed by atoms with E-state index in [2.05, 4.69) is 48.3 Å². The van der Waals surface area contributed by atoms with Crippen LogP contribution >= 0.6 is 24.0 Å². The van der Waals surface area contributed by atoms with Gasteiger partial charge in [0.05, 0.1) is 12.1 Å². The number of nitrogens with zero attached hydrogens (tertiary/aromatic N) is 4. The summed E-state index contributed by atoms with van der Waals surface area (Å²) in [6.07, 6.45) is 3.52. The van der Waals surface area contributed by atoms with Crippen LogP contribution in [0.4, 0.5) is 5.69 Å². The average Bonchev–Trinajstić information content (AvgIpc) is 2.54. The summed E-state index contributed by atoms with van der Waals surface area (Å²) in [6.45, 7) is 10.9. The number of carbonyl (C=O) groups excluding carboxylic acids is 1. The third kappa shape index (κ3) is 5.72. The van der Waals surface area contributed by atoms with Gasteiger partial charge in [0.2, 0.25) is 5.91 Å². The number of hydrogen-bond acceptors (Lipinski definition) is 4. The number of carbonyl (C=O) groups is 1. The van der Waals surface area contributed by atoms with Crippen LogP contribution in [-0.2, 0) is 4.79 Å². The predicted octanol–water partition coefficient (Wildman–Crippen LogP) is 2.02. The van der Waals surface area contributed by atoms with Gasteiger partial charge in [-0.15, -0.1) is 24.0 Å². The first-order chi connectivity index (χ1) is 11.8. The van der Waals surface area contributed by atoms with Crippen molar-refractivity contribution in [3.63, 3.8) is 0 Å². The molecule has 0 aromatic carbocycles. The van der Waals surface area contributed by atoms with Crippen LogP contribution in [-0.4, -0.2) is 71.5 Å². The molecule has 1 aromatic heterocycles. The summed E-state index contributed by atoms with van der Waals surface area (Å²) in [5, 5.41) is 6.66. The number of hydrogen-bond donors (Lipinski definition) is 2. The lowest BCUT2D eigenvalue weighted by molar-refractivity contribution is -0.145. The Balaban J connectivity index is 0.00000338. The Morgan fingerprint density at radius 1 is 1.31 bits per heavy atom. The van der Waals surface area contributed by atoms with E-state index in [0.717, 1.165) is 24.7 Å². The van der Waals surface area contributed by atoms with E-state index >= 15 is 0 Å². The highest BCUT2D eigenvalue weighted by Gasteiger charge is 2.40. The minimum absolute atomic E-state index is 0. The Hall–Kier alpha value is -1.58. The molecular formula is C18H31IN6O. The molecule has 146 valence electrons. The minimum atomic E-state index is -0.226. The van der Waals surface area contributed by atoms with E-state index in [1.165, 1.54) is 0 Å². The molecule has 1 aliphatic rings. The first-order valence-electron chi connectivity index (χ1n) is 8.77. The molecule has 7 nitrogen and oxygen atoms in total. The van der Waals surface area contributed by atoms with E-state index in [-0.39, 0.29) is 41.5 Å². The van der Waals surface area contributed by atoms with Gasteiger partial charge in [-0.25, -0.2) is 0 Å². The maximum absolute atomic E-state index is 12.6. The van der Waals surface area contributed by atoms with Gasteiger partial charge in [0.15, 0.2) is 5.96 Å². The number of nitrogens with one attached hydrogen (secondary N) is 2. The van der Waals surface area contributed by atoms with Crippen molar-refractivity contribution in [2.45, 2.75) is 39.3 Å². The van der Waals surface area contributed by atoms with Crippen LogP contribution in [0.1, 0.15) is 27.7 Å². The highest BCUT2D eigenvalue weighted by Crippen LogP contribution is 2.24. The van der Waals surface area contributed by atoms with Gasteiger partial charge in [-0.2, -0.15) is 0 Å². The highest BCUT2D eigenvalue weighted by atomic mass is 127. The van der Waals surface area contributed by atoms with Crippen LogP contribution in [0.2, 0.25) is 0 Å². The summed E-state index contributed by atoms with van der Waals surface area (Å²) >= 11 is 0. The Morgan fingerprint density at radius 3 is 2.50 bits per heavy atom. The zero-order valence-corrected chi connectivity index (χ0v) is 18.7.